The van der Waals surface area contributed by atoms with Crippen molar-refractivity contribution < 1.29 is 19.8 Å². The minimum atomic E-state index is -0.778. The van der Waals surface area contributed by atoms with E-state index < -0.39 is 17.7 Å². The maximum Gasteiger partial charge on any atom is 0.295 e. The second kappa shape index (κ2) is 8.24. The molecule has 1 aromatic heterocycles. The zero-order valence-corrected chi connectivity index (χ0v) is 16.2. The van der Waals surface area contributed by atoms with Crippen molar-refractivity contribution in [3.8, 4) is 5.75 Å². The summed E-state index contributed by atoms with van der Waals surface area (Å²) in [5.41, 5.74) is 1.05. The van der Waals surface area contributed by atoms with Crippen LogP contribution in [0.25, 0.3) is 5.76 Å². The second-order valence-electron chi connectivity index (χ2n) is 7.11. The molecule has 3 aromatic rings. The van der Waals surface area contributed by atoms with Gasteiger partial charge in [-0.05, 0) is 24.1 Å². The van der Waals surface area contributed by atoms with E-state index in [-0.39, 0.29) is 17.1 Å². The number of aryl methyl sites for hydroxylation is 1. The standard InChI is InChI=1S/C23H21N3O4/c27-18-9-4-8-17(14-18)20-19(21(28)16-6-2-1-3-7-16)22(29)23(30)26(20)12-5-11-25-13-10-24-15-25/h1-4,6-10,13-15,20,27-28H,5,11-12H2. The SMILES string of the molecule is O=C1C(=O)N(CCCn2ccnc2)C(c2cccc(O)c2)C1=C(O)c1ccccc1. The molecular formula is C23H21N3O4. The van der Waals surface area contributed by atoms with Gasteiger partial charge in [0.1, 0.15) is 11.5 Å². The summed E-state index contributed by atoms with van der Waals surface area (Å²) in [4.78, 5) is 31.2. The third-order valence-corrected chi connectivity index (χ3v) is 5.15. The number of phenolic OH excluding ortho intramolecular Hbond substituents is 1. The van der Waals surface area contributed by atoms with E-state index in [1.54, 1.807) is 55.0 Å². The van der Waals surface area contributed by atoms with Crippen molar-refractivity contribution in [2.24, 2.45) is 0 Å². The minimum absolute atomic E-state index is 0.0243. The number of phenols is 1. The third kappa shape index (κ3) is 3.69. The van der Waals surface area contributed by atoms with Crippen molar-refractivity contribution in [1.29, 1.82) is 0 Å². The summed E-state index contributed by atoms with van der Waals surface area (Å²) in [7, 11) is 0. The molecule has 1 atom stereocenters. The minimum Gasteiger partial charge on any atom is -0.508 e. The topological polar surface area (TPSA) is 95.7 Å². The van der Waals surface area contributed by atoms with Gasteiger partial charge in [0.25, 0.3) is 11.7 Å². The summed E-state index contributed by atoms with van der Waals surface area (Å²) in [5, 5.41) is 20.9. The summed E-state index contributed by atoms with van der Waals surface area (Å²) in [6, 6.07) is 14.3. The number of nitrogens with zero attached hydrogens (tertiary/aromatic N) is 3. The number of benzene rings is 2. The Labute approximate surface area is 173 Å². The Balaban J connectivity index is 1.73. The predicted molar refractivity (Wildman–Crippen MR) is 110 cm³/mol. The Morgan fingerprint density at radius 2 is 1.83 bits per heavy atom. The molecule has 1 fully saturated rings. The van der Waals surface area contributed by atoms with Gasteiger partial charge in [0.2, 0.25) is 0 Å². The Bertz CT molecular complexity index is 1090. The molecule has 2 aromatic carbocycles. The zero-order valence-electron chi connectivity index (χ0n) is 16.2. The van der Waals surface area contributed by atoms with Crippen LogP contribution in [-0.4, -0.2) is 42.9 Å². The first-order valence-corrected chi connectivity index (χ1v) is 9.65. The van der Waals surface area contributed by atoms with E-state index in [0.717, 1.165) is 0 Å². The highest BCUT2D eigenvalue weighted by molar-refractivity contribution is 6.46. The molecule has 2 N–H and O–H groups in total. The largest absolute Gasteiger partial charge is 0.508 e. The number of amides is 1. The van der Waals surface area contributed by atoms with Crippen LogP contribution < -0.4 is 0 Å². The van der Waals surface area contributed by atoms with Crippen LogP contribution in [0, 0.1) is 0 Å². The van der Waals surface area contributed by atoms with Crippen molar-refractivity contribution in [2.45, 2.75) is 19.0 Å². The normalized spacial score (nSPS) is 18.1. The number of imidazole rings is 1. The van der Waals surface area contributed by atoms with E-state index in [1.165, 1.54) is 17.0 Å². The monoisotopic (exact) mass is 403 g/mol. The summed E-state index contributed by atoms with van der Waals surface area (Å²) < 4.78 is 1.89. The molecule has 7 heteroatoms. The summed E-state index contributed by atoms with van der Waals surface area (Å²) in [6.45, 7) is 0.948. The number of aliphatic hydroxyl groups excluding tert-OH is 1. The highest BCUT2D eigenvalue weighted by Crippen LogP contribution is 2.40. The van der Waals surface area contributed by atoms with Crippen LogP contribution >= 0.6 is 0 Å². The van der Waals surface area contributed by atoms with Crippen LogP contribution in [0.15, 0.2) is 78.9 Å². The van der Waals surface area contributed by atoms with E-state index in [0.29, 0.717) is 30.6 Å². The number of rotatable bonds is 6. The molecule has 152 valence electrons. The fourth-order valence-electron chi connectivity index (χ4n) is 3.75. The van der Waals surface area contributed by atoms with Gasteiger partial charge >= 0.3 is 0 Å². The summed E-state index contributed by atoms with van der Waals surface area (Å²) in [5.74, 6) is -1.59. The number of carbonyl (C=O) groups is 2. The van der Waals surface area contributed by atoms with E-state index in [2.05, 4.69) is 4.98 Å². The number of aliphatic hydroxyl groups is 1. The molecule has 2 heterocycles. The van der Waals surface area contributed by atoms with E-state index in [9.17, 15) is 19.8 Å². The number of ketones is 1. The Morgan fingerprint density at radius 1 is 1.03 bits per heavy atom. The van der Waals surface area contributed by atoms with Crippen LogP contribution in [0.5, 0.6) is 5.75 Å². The Hall–Kier alpha value is -3.87. The number of Topliss-reactive ketones (excluding diaryl/α,β-unsaturated/α-hetero) is 1. The van der Waals surface area contributed by atoms with Crippen LogP contribution in [0.4, 0.5) is 0 Å². The van der Waals surface area contributed by atoms with Gasteiger partial charge in [-0.1, -0.05) is 42.5 Å². The first-order valence-electron chi connectivity index (χ1n) is 9.65. The summed E-state index contributed by atoms with van der Waals surface area (Å²) in [6.07, 6.45) is 5.80. The molecule has 1 amide bonds. The number of hydrogen-bond acceptors (Lipinski definition) is 5. The molecule has 0 saturated carbocycles. The molecule has 7 nitrogen and oxygen atoms in total. The molecule has 0 radical (unpaired) electrons. The number of likely N-dealkylation sites (tertiary alicyclic amines) is 1. The van der Waals surface area contributed by atoms with Gasteiger partial charge in [-0.25, -0.2) is 4.98 Å². The fraction of sp³-hybridized carbons (Fsp3) is 0.174. The highest BCUT2D eigenvalue weighted by Gasteiger charge is 2.45. The lowest BCUT2D eigenvalue weighted by molar-refractivity contribution is -0.139. The van der Waals surface area contributed by atoms with Crippen LogP contribution in [0.3, 0.4) is 0 Å². The maximum atomic E-state index is 12.9. The van der Waals surface area contributed by atoms with Crippen molar-refractivity contribution in [2.75, 3.05) is 6.54 Å². The number of hydrogen-bond donors (Lipinski definition) is 2. The molecular weight excluding hydrogens is 382 g/mol. The van der Waals surface area contributed by atoms with Gasteiger partial charge in [0.15, 0.2) is 0 Å². The van der Waals surface area contributed by atoms with E-state index in [1.807, 2.05) is 10.8 Å². The second-order valence-corrected chi connectivity index (χ2v) is 7.11. The highest BCUT2D eigenvalue weighted by atomic mass is 16.3. The lowest BCUT2D eigenvalue weighted by atomic mass is 9.95. The Morgan fingerprint density at radius 3 is 2.53 bits per heavy atom. The lowest BCUT2D eigenvalue weighted by Crippen LogP contribution is -2.31. The zero-order chi connectivity index (χ0) is 21.1. The predicted octanol–water partition coefficient (Wildman–Crippen LogP) is 3.10. The number of aromatic hydroxyl groups is 1. The smallest absolute Gasteiger partial charge is 0.295 e. The van der Waals surface area contributed by atoms with Gasteiger partial charge < -0.3 is 19.7 Å². The maximum absolute atomic E-state index is 12.9. The van der Waals surface area contributed by atoms with Crippen LogP contribution in [0.1, 0.15) is 23.6 Å². The van der Waals surface area contributed by atoms with Crippen LogP contribution in [-0.2, 0) is 16.1 Å². The average molecular weight is 403 g/mol. The molecule has 1 aliphatic heterocycles. The molecule has 4 rings (SSSR count). The fourth-order valence-corrected chi connectivity index (χ4v) is 3.75. The molecule has 1 saturated heterocycles. The lowest BCUT2D eigenvalue weighted by Gasteiger charge is -2.25. The van der Waals surface area contributed by atoms with Crippen molar-refractivity contribution in [3.05, 3.63) is 90.0 Å². The molecule has 0 aliphatic carbocycles. The Kier molecular flexibility index (Phi) is 5.34. The van der Waals surface area contributed by atoms with Gasteiger partial charge in [0, 0.05) is 31.0 Å². The molecule has 0 spiro atoms. The quantitative estimate of drug-likeness (QED) is 0.375. The number of aromatic nitrogens is 2. The van der Waals surface area contributed by atoms with Crippen molar-refractivity contribution in [1.82, 2.24) is 14.5 Å². The first-order chi connectivity index (χ1) is 14.6. The first kappa shape index (κ1) is 19.4. The van der Waals surface area contributed by atoms with Gasteiger partial charge in [-0.3, -0.25) is 9.59 Å². The number of carbonyl (C=O) groups excluding carboxylic acids is 2. The van der Waals surface area contributed by atoms with Gasteiger partial charge in [0.05, 0.1) is 17.9 Å². The van der Waals surface area contributed by atoms with Gasteiger partial charge in [-0.15, -0.1) is 0 Å². The molecule has 30 heavy (non-hydrogen) atoms. The molecule has 1 unspecified atom stereocenters. The van der Waals surface area contributed by atoms with Gasteiger partial charge in [-0.2, -0.15) is 0 Å². The van der Waals surface area contributed by atoms with Crippen molar-refractivity contribution >= 4 is 17.4 Å². The van der Waals surface area contributed by atoms with Crippen LogP contribution in [0.2, 0.25) is 0 Å². The molecule has 1 aliphatic rings. The average Bonchev–Trinajstić information content (AvgIpc) is 3.36. The van der Waals surface area contributed by atoms with E-state index in [4.69, 9.17) is 0 Å². The van der Waals surface area contributed by atoms with Crippen molar-refractivity contribution in [3.63, 3.8) is 0 Å². The summed E-state index contributed by atoms with van der Waals surface area (Å²) >= 11 is 0. The van der Waals surface area contributed by atoms with E-state index >= 15 is 0 Å². The molecule has 0 bridgehead atoms. The third-order valence-electron chi connectivity index (χ3n) is 5.15.